The summed E-state index contributed by atoms with van der Waals surface area (Å²) < 4.78 is 1.84. The first-order valence-corrected chi connectivity index (χ1v) is 8.39. The molecule has 8 nitrogen and oxygen atoms in total. The number of likely N-dealkylation sites (tertiary alicyclic amines) is 1. The van der Waals surface area contributed by atoms with E-state index in [0.29, 0.717) is 13.0 Å². The Hall–Kier alpha value is -2.74. The van der Waals surface area contributed by atoms with E-state index in [2.05, 4.69) is 25.4 Å². The molecule has 25 heavy (non-hydrogen) atoms. The number of aryl methyl sites for hydroxylation is 1. The second-order valence-corrected chi connectivity index (χ2v) is 6.42. The van der Waals surface area contributed by atoms with Gasteiger partial charge in [-0.1, -0.05) is 0 Å². The summed E-state index contributed by atoms with van der Waals surface area (Å²) in [6.45, 7) is 0.666. The number of likely N-dealkylation sites (N-methyl/N-ethyl adjacent to an activating group) is 1. The van der Waals surface area contributed by atoms with E-state index in [1.54, 1.807) is 18.6 Å². The molecule has 130 valence electrons. The van der Waals surface area contributed by atoms with Gasteiger partial charge in [-0.2, -0.15) is 5.10 Å². The van der Waals surface area contributed by atoms with Crippen LogP contribution in [0, 0.1) is 0 Å². The van der Waals surface area contributed by atoms with Crippen molar-refractivity contribution in [2.24, 2.45) is 7.05 Å². The Morgan fingerprint density at radius 1 is 1.28 bits per heavy atom. The molecule has 1 fully saturated rings. The van der Waals surface area contributed by atoms with Gasteiger partial charge in [-0.05, 0) is 12.5 Å². The lowest BCUT2D eigenvalue weighted by Crippen LogP contribution is -2.49. The van der Waals surface area contributed by atoms with Crippen molar-refractivity contribution in [3.8, 4) is 0 Å². The van der Waals surface area contributed by atoms with Gasteiger partial charge in [-0.25, -0.2) is 4.98 Å². The zero-order valence-corrected chi connectivity index (χ0v) is 14.3. The number of aromatic nitrogens is 5. The Morgan fingerprint density at radius 2 is 2.12 bits per heavy atom. The molecule has 4 heterocycles. The molecule has 1 aliphatic heterocycles. The van der Waals surface area contributed by atoms with E-state index >= 15 is 0 Å². The minimum absolute atomic E-state index is 0.0370. The van der Waals surface area contributed by atoms with Crippen LogP contribution in [0.5, 0.6) is 0 Å². The summed E-state index contributed by atoms with van der Waals surface area (Å²) in [4.78, 5) is 25.9. The molecule has 8 heteroatoms. The molecule has 1 amide bonds. The minimum atomic E-state index is -0.0370. The highest BCUT2D eigenvalue weighted by Crippen LogP contribution is 2.30. The summed E-state index contributed by atoms with van der Waals surface area (Å²) in [7, 11) is 3.78. The van der Waals surface area contributed by atoms with Gasteiger partial charge in [0.15, 0.2) is 5.65 Å². The van der Waals surface area contributed by atoms with Crippen LogP contribution in [-0.2, 0) is 18.4 Å². The van der Waals surface area contributed by atoms with Crippen molar-refractivity contribution in [3.05, 3.63) is 42.1 Å². The predicted molar refractivity (Wildman–Crippen MR) is 92.5 cm³/mol. The second kappa shape index (κ2) is 6.29. The summed E-state index contributed by atoms with van der Waals surface area (Å²) in [6, 6.07) is 2.09. The Balaban J connectivity index is 1.57. The van der Waals surface area contributed by atoms with Gasteiger partial charge in [0.1, 0.15) is 5.52 Å². The number of piperidine rings is 1. The lowest BCUT2D eigenvalue weighted by Gasteiger charge is -2.39. The number of fused-ring (bicyclic) bond motifs is 1. The highest BCUT2D eigenvalue weighted by atomic mass is 16.2. The van der Waals surface area contributed by atoms with Gasteiger partial charge in [0.25, 0.3) is 0 Å². The van der Waals surface area contributed by atoms with E-state index in [9.17, 15) is 4.79 Å². The molecule has 1 aliphatic rings. The Morgan fingerprint density at radius 3 is 2.92 bits per heavy atom. The molecule has 0 radical (unpaired) electrons. The molecule has 2 N–H and O–H groups in total. The van der Waals surface area contributed by atoms with Crippen LogP contribution in [0.1, 0.15) is 30.1 Å². The monoisotopic (exact) mass is 339 g/mol. The molecular weight excluding hydrogens is 318 g/mol. The van der Waals surface area contributed by atoms with Crippen LogP contribution in [0.25, 0.3) is 11.2 Å². The van der Waals surface area contributed by atoms with Crippen molar-refractivity contribution < 1.29 is 4.79 Å². The fraction of sp³-hybridized carbons (Fsp3) is 0.412. The first-order chi connectivity index (χ1) is 12.1. The van der Waals surface area contributed by atoms with E-state index in [-0.39, 0.29) is 18.0 Å². The van der Waals surface area contributed by atoms with E-state index in [4.69, 9.17) is 0 Å². The fourth-order valence-electron chi connectivity index (χ4n) is 3.61. The first-order valence-electron chi connectivity index (χ1n) is 8.39. The van der Waals surface area contributed by atoms with Crippen molar-refractivity contribution >= 4 is 17.1 Å². The van der Waals surface area contributed by atoms with Crippen molar-refractivity contribution in [2.75, 3.05) is 7.05 Å². The number of hydrogen-bond donors (Lipinski definition) is 2. The van der Waals surface area contributed by atoms with E-state index in [1.807, 2.05) is 35.9 Å². The van der Waals surface area contributed by atoms with Gasteiger partial charge in [0.2, 0.25) is 5.91 Å². The van der Waals surface area contributed by atoms with Crippen molar-refractivity contribution in [1.29, 1.82) is 0 Å². The smallest absolute Gasteiger partial charge is 0.222 e. The zero-order chi connectivity index (χ0) is 17.4. The number of aromatic amines is 1. The molecule has 3 aromatic rings. The molecule has 0 spiro atoms. The van der Waals surface area contributed by atoms with Crippen LogP contribution in [0.4, 0.5) is 0 Å². The van der Waals surface area contributed by atoms with Crippen LogP contribution in [0.15, 0.2) is 30.9 Å². The van der Waals surface area contributed by atoms with Crippen LogP contribution in [-0.4, -0.2) is 48.6 Å². The van der Waals surface area contributed by atoms with Gasteiger partial charge >= 0.3 is 0 Å². The van der Waals surface area contributed by atoms with Gasteiger partial charge in [-0.15, -0.1) is 0 Å². The third-order valence-electron chi connectivity index (χ3n) is 4.96. The summed E-state index contributed by atoms with van der Waals surface area (Å²) >= 11 is 0. The van der Waals surface area contributed by atoms with E-state index in [0.717, 1.165) is 28.8 Å². The van der Waals surface area contributed by atoms with Crippen molar-refractivity contribution in [3.63, 3.8) is 0 Å². The lowest BCUT2D eigenvalue weighted by atomic mass is 9.93. The quantitative estimate of drug-likeness (QED) is 0.744. The summed E-state index contributed by atoms with van der Waals surface area (Å²) in [5.41, 5.74) is 3.78. The normalized spacial score (nSPS) is 21.2. The largest absolute Gasteiger partial charge is 0.344 e. The number of carbonyl (C=O) groups is 1. The summed E-state index contributed by atoms with van der Waals surface area (Å²) in [6.07, 6.45) is 8.44. The predicted octanol–water partition coefficient (Wildman–Crippen LogP) is 1.14. The lowest BCUT2D eigenvalue weighted by molar-refractivity contribution is -0.136. The van der Waals surface area contributed by atoms with E-state index in [1.165, 1.54) is 0 Å². The second-order valence-electron chi connectivity index (χ2n) is 6.42. The molecule has 0 aromatic carbocycles. The highest BCUT2D eigenvalue weighted by molar-refractivity contribution is 5.77. The number of carbonyl (C=O) groups excluding carboxylic acids is 1. The number of amides is 1. The zero-order valence-electron chi connectivity index (χ0n) is 14.3. The summed E-state index contributed by atoms with van der Waals surface area (Å²) in [5.74, 6) is 0.169. The molecule has 0 unspecified atom stereocenters. The molecule has 1 saturated heterocycles. The maximum absolute atomic E-state index is 12.2. The van der Waals surface area contributed by atoms with Gasteiger partial charge in [0, 0.05) is 63.5 Å². The number of H-pyrrole nitrogens is 1. The molecular formula is C17H21N7O. The molecule has 0 aliphatic carbocycles. The third kappa shape index (κ3) is 2.78. The number of hydrogen-bond acceptors (Lipinski definition) is 5. The van der Waals surface area contributed by atoms with Crippen LogP contribution >= 0.6 is 0 Å². The fourth-order valence-corrected chi connectivity index (χ4v) is 3.61. The average Bonchev–Trinajstić information content (AvgIpc) is 3.22. The number of nitrogens with one attached hydrogen (secondary N) is 2. The average molecular weight is 339 g/mol. The summed E-state index contributed by atoms with van der Waals surface area (Å²) in [5, 5.41) is 7.87. The molecule has 0 saturated carbocycles. The third-order valence-corrected chi connectivity index (χ3v) is 4.96. The number of rotatable bonds is 4. The Bertz CT molecular complexity index is 899. The topological polar surface area (TPSA) is 91.7 Å². The molecule has 4 rings (SSSR count). The first kappa shape index (κ1) is 15.8. The molecule has 2 atom stereocenters. The van der Waals surface area contributed by atoms with Crippen LogP contribution in [0.3, 0.4) is 0 Å². The SMILES string of the molecule is CN1C(=O)CC[C@@H](NCc2c[nH]c3nccnc23)[C@@H]1c1ccnn1C. The van der Waals surface area contributed by atoms with Crippen LogP contribution < -0.4 is 5.32 Å². The minimum Gasteiger partial charge on any atom is -0.344 e. The Labute approximate surface area is 145 Å². The van der Waals surface area contributed by atoms with Gasteiger partial charge < -0.3 is 15.2 Å². The number of nitrogens with zero attached hydrogens (tertiary/aromatic N) is 5. The van der Waals surface area contributed by atoms with Gasteiger partial charge in [-0.3, -0.25) is 14.5 Å². The Kier molecular flexibility index (Phi) is 3.96. The molecule has 3 aromatic heterocycles. The van der Waals surface area contributed by atoms with Gasteiger partial charge in [0.05, 0.1) is 11.7 Å². The maximum atomic E-state index is 12.2. The standard InChI is InChI=1S/C17H21N7O/c1-23-14(25)4-3-12(16(23)13-5-6-22-24(13)2)20-9-11-10-21-17-15(11)18-7-8-19-17/h5-8,10,12,16,20H,3-4,9H2,1-2H3,(H,19,21)/t12-,16-/m1/s1. The van der Waals surface area contributed by atoms with Crippen molar-refractivity contribution in [2.45, 2.75) is 31.5 Å². The maximum Gasteiger partial charge on any atom is 0.222 e. The van der Waals surface area contributed by atoms with Crippen molar-refractivity contribution in [1.82, 2.24) is 34.9 Å². The highest BCUT2D eigenvalue weighted by Gasteiger charge is 2.36. The van der Waals surface area contributed by atoms with Crippen LogP contribution in [0.2, 0.25) is 0 Å². The molecule has 0 bridgehead atoms. The van der Waals surface area contributed by atoms with E-state index < -0.39 is 0 Å².